The van der Waals surface area contributed by atoms with Gasteiger partial charge in [-0.2, -0.15) is 0 Å². The van der Waals surface area contributed by atoms with Gasteiger partial charge < -0.3 is 10.0 Å². The number of carbonyl (C=O) groups is 2. The van der Waals surface area contributed by atoms with Crippen LogP contribution in [0.2, 0.25) is 0 Å². The molecule has 1 aliphatic carbocycles. The predicted molar refractivity (Wildman–Crippen MR) is 130 cm³/mol. The van der Waals surface area contributed by atoms with Crippen molar-refractivity contribution in [2.45, 2.75) is 17.7 Å². The van der Waals surface area contributed by atoms with Crippen LogP contribution in [0.3, 0.4) is 0 Å². The van der Waals surface area contributed by atoms with Crippen LogP contribution in [0, 0.1) is 6.92 Å². The first-order valence-corrected chi connectivity index (χ1v) is 12.2. The summed E-state index contributed by atoms with van der Waals surface area (Å²) >= 11 is 0. The second kappa shape index (κ2) is 9.52. The summed E-state index contributed by atoms with van der Waals surface area (Å²) in [6.07, 6.45) is 3.97. The van der Waals surface area contributed by atoms with Crippen molar-refractivity contribution in [3.8, 4) is 0 Å². The third kappa shape index (κ3) is 5.02. The standard InChI is InChI=1S/C26H24N2O5S/c1-18-10-14-21(15-11-18)34(32,33)27-26(31)28(17-25(29)30)16-24-22-8-4-2-6-19(22)12-13-20-7-3-5-9-23(20)24/h2-15,24H,16-17H2,1H3,(H,27,31)(H,29,30). The first-order chi connectivity index (χ1) is 16.2. The third-order valence-electron chi connectivity index (χ3n) is 5.75. The lowest BCUT2D eigenvalue weighted by Gasteiger charge is -2.28. The Morgan fingerprint density at radius 3 is 1.94 bits per heavy atom. The van der Waals surface area contributed by atoms with Crippen molar-refractivity contribution in [3.05, 3.63) is 101 Å². The van der Waals surface area contributed by atoms with Crippen LogP contribution < -0.4 is 4.72 Å². The minimum Gasteiger partial charge on any atom is -0.480 e. The van der Waals surface area contributed by atoms with Crippen molar-refractivity contribution in [2.75, 3.05) is 13.1 Å². The van der Waals surface area contributed by atoms with Gasteiger partial charge in [0.25, 0.3) is 10.0 Å². The molecule has 34 heavy (non-hydrogen) atoms. The van der Waals surface area contributed by atoms with Crippen molar-refractivity contribution < 1.29 is 23.1 Å². The van der Waals surface area contributed by atoms with E-state index < -0.39 is 28.6 Å². The summed E-state index contributed by atoms with van der Waals surface area (Å²) in [5, 5.41) is 9.47. The number of aliphatic carboxylic acids is 1. The zero-order chi connectivity index (χ0) is 24.3. The van der Waals surface area contributed by atoms with Gasteiger partial charge in [0.1, 0.15) is 6.54 Å². The first-order valence-electron chi connectivity index (χ1n) is 10.7. The quantitative estimate of drug-likeness (QED) is 0.558. The molecule has 0 spiro atoms. The summed E-state index contributed by atoms with van der Waals surface area (Å²) in [6, 6.07) is 20.4. The van der Waals surface area contributed by atoms with E-state index in [4.69, 9.17) is 0 Å². The molecule has 0 saturated heterocycles. The lowest BCUT2D eigenvalue weighted by atomic mass is 9.87. The molecule has 0 bridgehead atoms. The average Bonchev–Trinajstić information content (AvgIpc) is 2.96. The highest BCUT2D eigenvalue weighted by atomic mass is 32.2. The maximum atomic E-state index is 13.1. The number of carboxylic acids is 1. The zero-order valence-electron chi connectivity index (χ0n) is 18.5. The number of amides is 2. The number of sulfonamides is 1. The van der Waals surface area contributed by atoms with Crippen molar-refractivity contribution in [1.29, 1.82) is 0 Å². The van der Waals surface area contributed by atoms with Crippen LogP contribution in [0.5, 0.6) is 0 Å². The van der Waals surface area contributed by atoms with E-state index in [1.165, 1.54) is 12.1 Å². The maximum absolute atomic E-state index is 13.1. The number of benzene rings is 3. The Morgan fingerprint density at radius 2 is 1.41 bits per heavy atom. The van der Waals surface area contributed by atoms with E-state index in [-0.39, 0.29) is 17.4 Å². The summed E-state index contributed by atoms with van der Waals surface area (Å²) in [5.41, 5.74) is 4.62. The van der Waals surface area contributed by atoms with E-state index in [0.29, 0.717) is 0 Å². The van der Waals surface area contributed by atoms with E-state index in [1.54, 1.807) is 12.1 Å². The van der Waals surface area contributed by atoms with Gasteiger partial charge in [-0.1, -0.05) is 78.4 Å². The van der Waals surface area contributed by atoms with Gasteiger partial charge >= 0.3 is 12.0 Å². The minimum atomic E-state index is -4.17. The van der Waals surface area contributed by atoms with E-state index >= 15 is 0 Å². The lowest BCUT2D eigenvalue weighted by Crippen LogP contribution is -2.46. The van der Waals surface area contributed by atoms with Crippen molar-refractivity contribution >= 4 is 34.2 Å². The molecule has 2 amide bonds. The van der Waals surface area contributed by atoms with E-state index in [0.717, 1.165) is 32.7 Å². The molecule has 3 aromatic carbocycles. The summed E-state index contributed by atoms with van der Waals surface area (Å²) in [6.45, 7) is 1.15. The number of urea groups is 1. The smallest absolute Gasteiger partial charge is 0.331 e. The van der Waals surface area contributed by atoms with Gasteiger partial charge in [0, 0.05) is 12.5 Å². The molecular weight excluding hydrogens is 452 g/mol. The molecule has 8 heteroatoms. The van der Waals surface area contributed by atoms with Crippen LogP contribution in [0.25, 0.3) is 12.2 Å². The largest absolute Gasteiger partial charge is 0.480 e. The van der Waals surface area contributed by atoms with Gasteiger partial charge in [-0.3, -0.25) is 4.79 Å². The molecule has 0 radical (unpaired) electrons. The summed E-state index contributed by atoms with van der Waals surface area (Å²) in [5.74, 6) is -1.59. The molecule has 0 fully saturated rings. The number of aryl methyl sites for hydroxylation is 1. The van der Waals surface area contributed by atoms with E-state index in [1.807, 2.05) is 72.3 Å². The van der Waals surface area contributed by atoms with Crippen LogP contribution in [-0.2, 0) is 14.8 Å². The highest BCUT2D eigenvalue weighted by molar-refractivity contribution is 7.90. The van der Waals surface area contributed by atoms with Crippen LogP contribution in [0.15, 0.2) is 77.7 Å². The zero-order valence-corrected chi connectivity index (χ0v) is 19.3. The molecule has 0 aliphatic heterocycles. The van der Waals surface area contributed by atoms with Gasteiger partial charge in [0.2, 0.25) is 0 Å². The number of rotatable bonds is 6. The van der Waals surface area contributed by atoms with Gasteiger partial charge in [0.15, 0.2) is 0 Å². The summed E-state index contributed by atoms with van der Waals surface area (Å²) in [4.78, 5) is 25.6. The molecule has 7 nitrogen and oxygen atoms in total. The number of carbonyl (C=O) groups excluding carboxylic acids is 1. The Bertz CT molecular complexity index is 1310. The number of hydrogen-bond acceptors (Lipinski definition) is 4. The van der Waals surface area contributed by atoms with Crippen molar-refractivity contribution in [2.24, 2.45) is 0 Å². The SMILES string of the molecule is Cc1ccc(S(=O)(=O)NC(=O)N(CC(=O)O)CC2c3ccccc3C=Cc3ccccc32)cc1. The lowest BCUT2D eigenvalue weighted by molar-refractivity contribution is -0.137. The van der Waals surface area contributed by atoms with Crippen LogP contribution >= 0.6 is 0 Å². The van der Waals surface area contributed by atoms with Gasteiger partial charge in [0.05, 0.1) is 4.90 Å². The molecule has 0 unspecified atom stereocenters. The molecule has 1 aliphatic rings. The van der Waals surface area contributed by atoms with Crippen molar-refractivity contribution in [1.82, 2.24) is 9.62 Å². The molecule has 0 atom stereocenters. The monoisotopic (exact) mass is 476 g/mol. The fourth-order valence-electron chi connectivity index (χ4n) is 4.06. The second-order valence-corrected chi connectivity index (χ2v) is 9.82. The fourth-order valence-corrected chi connectivity index (χ4v) is 5.03. The Balaban J connectivity index is 1.68. The summed E-state index contributed by atoms with van der Waals surface area (Å²) in [7, 11) is -4.17. The predicted octanol–water partition coefficient (Wildman–Crippen LogP) is 4.10. The molecule has 2 N–H and O–H groups in total. The molecular formula is C26H24N2O5S. The average molecular weight is 477 g/mol. The van der Waals surface area contributed by atoms with Crippen molar-refractivity contribution in [3.63, 3.8) is 0 Å². The second-order valence-electron chi connectivity index (χ2n) is 8.14. The van der Waals surface area contributed by atoms with E-state index in [9.17, 15) is 23.1 Å². The summed E-state index contributed by atoms with van der Waals surface area (Å²) < 4.78 is 27.6. The number of hydrogen-bond donors (Lipinski definition) is 2. The molecule has 0 saturated carbocycles. The number of nitrogens with one attached hydrogen (secondary N) is 1. The topological polar surface area (TPSA) is 104 Å². The maximum Gasteiger partial charge on any atom is 0.331 e. The van der Waals surface area contributed by atoms with Crippen LogP contribution in [-0.4, -0.2) is 43.5 Å². The van der Waals surface area contributed by atoms with Crippen LogP contribution in [0.1, 0.15) is 33.7 Å². The minimum absolute atomic E-state index is 0.0166. The van der Waals surface area contributed by atoms with Gasteiger partial charge in [-0.05, 0) is 41.3 Å². The number of carboxylic acid groups (broad SMARTS) is 1. The molecule has 0 heterocycles. The number of fused-ring (bicyclic) bond motifs is 2. The third-order valence-corrected chi connectivity index (χ3v) is 7.09. The molecule has 174 valence electrons. The van der Waals surface area contributed by atoms with Gasteiger partial charge in [-0.15, -0.1) is 0 Å². The highest BCUT2D eigenvalue weighted by Gasteiger charge is 2.29. The van der Waals surface area contributed by atoms with Crippen LogP contribution in [0.4, 0.5) is 4.79 Å². The number of nitrogens with zero attached hydrogens (tertiary/aromatic N) is 1. The normalized spacial score (nSPS) is 12.9. The van der Waals surface area contributed by atoms with Gasteiger partial charge in [-0.25, -0.2) is 17.9 Å². The molecule has 4 rings (SSSR count). The highest BCUT2D eigenvalue weighted by Crippen LogP contribution is 2.35. The Kier molecular flexibility index (Phi) is 6.51. The Hall–Kier alpha value is -3.91. The molecule has 3 aromatic rings. The first kappa shape index (κ1) is 23.3. The fraction of sp³-hybridized carbons (Fsp3) is 0.154. The molecule has 0 aromatic heterocycles. The Morgan fingerprint density at radius 1 is 0.882 bits per heavy atom. The Labute approximate surface area is 198 Å². The van der Waals surface area contributed by atoms with E-state index in [2.05, 4.69) is 0 Å².